The number of nitrogens with zero attached hydrogens (tertiary/aromatic N) is 4. The van der Waals surface area contributed by atoms with Crippen LogP contribution in [0.25, 0.3) is 5.69 Å². The third kappa shape index (κ3) is 4.12. The van der Waals surface area contributed by atoms with Crippen molar-refractivity contribution >= 4 is 39.3 Å². The molecule has 2 aromatic carbocycles. The van der Waals surface area contributed by atoms with Gasteiger partial charge in [-0.2, -0.15) is 4.68 Å². The first-order valence-corrected chi connectivity index (χ1v) is 8.66. The lowest BCUT2D eigenvalue weighted by molar-refractivity contribution is -0.113. The van der Waals surface area contributed by atoms with E-state index in [1.165, 1.54) is 23.9 Å². The van der Waals surface area contributed by atoms with E-state index in [9.17, 15) is 9.90 Å². The lowest BCUT2D eigenvalue weighted by Crippen LogP contribution is -2.14. The monoisotopic (exact) mass is 405 g/mol. The molecule has 7 nitrogen and oxygen atoms in total. The number of nitrogens with one attached hydrogen (secondary N) is 1. The average molecular weight is 406 g/mol. The minimum Gasteiger partial charge on any atom is -0.508 e. The second-order valence-electron chi connectivity index (χ2n) is 4.74. The van der Waals surface area contributed by atoms with Gasteiger partial charge in [-0.25, -0.2) is 0 Å². The van der Waals surface area contributed by atoms with Gasteiger partial charge in [0.15, 0.2) is 0 Å². The van der Waals surface area contributed by atoms with E-state index in [0.717, 1.165) is 10.2 Å². The normalized spacial score (nSPS) is 10.5. The molecule has 0 fully saturated rings. The topological polar surface area (TPSA) is 92.9 Å². The molecule has 0 bridgehead atoms. The van der Waals surface area contributed by atoms with Crippen LogP contribution in [0.2, 0.25) is 0 Å². The van der Waals surface area contributed by atoms with Crippen molar-refractivity contribution in [2.75, 3.05) is 11.1 Å². The van der Waals surface area contributed by atoms with Crippen molar-refractivity contribution in [3.05, 3.63) is 53.0 Å². The number of tetrazole rings is 1. The fraction of sp³-hybridized carbons (Fsp3) is 0.0667. The van der Waals surface area contributed by atoms with E-state index >= 15 is 0 Å². The number of anilines is 1. The lowest BCUT2D eigenvalue weighted by atomic mass is 10.3. The Morgan fingerprint density at radius 3 is 2.79 bits per heavy atom. The number of thioether (sulfide) groups is 1. The van der Waals surface area contributed by atoms with Crippen LogP contribution in [-0.2, 0) is 4.79 Å². The van der Waals surface area contributed by atoms with Crippen molar-refractivity contribution in [2.24, 2.45) is 0 Å². The lowest BCUT2D eigenvalue weighted by Gasteiger charge is -2.06. The summed E-state index contributed by atoms with van der Waals surface area (Å²) in [7, 11) is 0. The molecule has 1 aromatic heterocycles. The van der Waals surface area contributed by atoms with Gasteiger partial charge < -0.3 is 10.4 Å². The van der Waals surface area contributed by atoms with Crippen LogP contribution in [0.15, 0.2) is 58.2 Å². The van der Waals surface area contributed by atoms with Crippen LogP contribution in [0.4, 0.5) is 5.69 Å². The summed E-state index contributed by atoms with van der Waals surface area (Å²) in [5.41, 5.74) is 1.34. The Hall–Kier alpha value is -2.39. The van der Waals surface area contributed by atoms with Gasteiger partial charge in [-0.3, -0.25) is 4.79 Å². The largest absolute Gasteiger partial charge is 0.508 e. The van der Waals surface area contributed by atoms with Gasteiger partial charge in [0.1, 0.15) is 5.75 Å². The highest BCUT2D eigenvalue weighted by Gasteiger charge is 2.12. The van der Waals surface area contributed by atoms with Crippen LogP contribution in [-0.4, -0.2) is 37.0 Å². The fourth-order valence-electron chi connectivity index (χ4n) is 1.92. The number of aromatic hydroxyl groups is 1. The number of benzene rings is 2. The van der Waals surface area contributed by atoms with E-state index in [2.05, 4.69) is 36.8 Å². The van der Waals surface area contributed by atoms with Crippen molar-refractivity contribution in [2.45, 2.75) is 5.16 Å². The summed E-state index contributed by atoms with van der Waals surface area (Å²) in [6.07, 6.45) is 0. The van der Waals surface area contributed by atoms with Crippen LogP contribution in [0.5, 0.6) is 5.75 Å². The summed E-state index contributed by atoms with van der Waals surface area (Å²) in [6.45, 7) is 0. The molecule has 0 spiro atoms. The Balaban J connectivity index is 1.64. The van der Waals surface area contributed by atoms with Crippen molar-refractivity contribution in [3.8, 4) is 11.4 Å². The molecule has 0 aliphatic heterocycles. The van der Waals surface area contributed by atoms with Crippen molar-refractivity contribution < 1.29 is 9.90 Å². The van der Waals surface area contributed by atoms with Gasteiger partial charge in [-0.15, -0.1) is 5.10 Å². The number of phenolic OH excluding ortho intramolecular Hbond substituents is 1. The molecule has 0 unspecified atom stereocenters. The molecule has 1 amide bonds. The molecule has 0 radical (unpaired) electrons. The third-order valence-corrected chi connectivity index (χ3v) is 4.42. The molecule has 1 heterocycles. The third-order valence-electron chi connectivity index (χ3n) is 2.97. The molecule has 0 aliphatic carbocycles. The number of carbonyl (C=O) groups excluding carboxylic acids is 1. The first-order chi connectivity index (χ1) is 11.6. The Kier molecular flexibility index (Phi) is 5.11. The molecule has 3 aromatic rings. The van der Waals surface area contributed by atoms with Crippen molar-refractivity contribution in [1.82, 2.24) is 20.2 Å². The first-order valence-electron chi connectivity index (χ1n) is 6.88. The minimum atomic E-state index is -0.212. The molecule has 24 heavy (non-hydrogen) atoms. The Morgan fingerprint density at radius 2 is 2.04 bits per heavy atom. The number of halogens is 1. The van der Waals surface area contributed by atoms with Crippen LogP contribution in [0.1, 0.15) is 0 Å². The van der Waals surface area contributed by atoms with Gasteiger partial charge in [0.2, 0.25) is 11.1 Å². The zero-order valence-electron chi connectivity index (χ0n) is 12.3. The number of aromatic nitrogens is 4. The zero-order valence-corrected chi connectivity index (χ0v) is 14.7. The number of hydrogen-bond acceptors (Lipinski definition) is 6. The number of amides is 1. The van der Waals surface area contributed by atoms with E-state index in [1.54, 1.807) is 16.8 Å². The van der Waals surface area contributed by atoms with Gasteiger partial charge in [0, 0.05) is 16.2 Å². The van der Waals surface area contributed by atoms with Gasteiger partial charge >= 0.3 is 0 Å². The molecule has 0 saturated carbocycles. The summed E-state index contributed by atoms with van der Waals surface area (Å²) >= 11 is 4.60. The Morgan fingerprint density at radius 1 is 1.25 bits per heavy atom. The maximum absolute atomic E-state index is 12.0. The van der Waals surface area contributed by atoms with Gasteiger partial charge in [0.25, 0.3) is 0 Å². The van der Waals surface area contributed by atoms with E-state index in [4.69, 9.17) is 0 Å². The number of hydrogen-bond donors (Lipinski definition) is 2. The van der Waals surface area contributed by atoms with Crippen molar-refractivity contribution in [1.29, 1.82) is 0 Å². The van der Waals surface area contributed by atoms with Gasteiger partial charge in [0.05, 0.1) is 11.4 Å². The van der Waals surface area contributed by atoms with Gasteiger partial charge in [-0.05, 0) is 46.8 Å². The summed E-state index contributed by atoms with van der Waals surface area (Å²) in [6, 6.07) is 13.9. The zero-order chi connectivity index (χ0) is 16.9. The van der Waals surface area contributed by atoms with Crippen LogP contribution in [0, 0.1) is 0 Å². The van der Waals surface area contributed by atoms with E-state index in [0.29, 0.717) is 10.8 Å². The first kappa shape index (κ1) is 16.5. The minimum absolute atomic E-state index is 0.0969. The summed E-state index contributed by atoms with van der Waals surface area (Å²) in [5, 5.41) is 24.2. The molecule has 122 valence electrons. The molecule has 0 saturated heterocycles. The molecular weight excluding hydrogens is 394 g/mol. The predicted molar refractivity (Wildman–Crippen MR) is 94.3 cm³/mol. The number of rotatable bonds is 5. The smallest absolute Gasteiger partial charge is 0.234 e. The SMILES string of the molecule is O=C(CSc1nnnn1-c1ccc(Br)cc1)Nc1cccc(O)c1. The molecule has 0 atom stereocenters. The second kappa shape index (κ2) is 7.45. The highest BCUT2D eigenvalue weighted by molar-refractivity contribution is 9.10. The maximum Gasteiger partial charge on any atom is 0.234 e. The van der Waals surface area contributed by atoms with Crippen LogP contribution < -0.4 is 5.32 Å². The fourth-order valence-corrected chi connectivity index (χ4v) is 2.88. The van der Waals surface area contributed by atoms with E-state index < -0.39 is 0 Å². The predicted octanol–water partition coefficient (Wildman–Crippen LogP) is 2.86. The van der Waals surface area contributed by atoms with Crippen molar-refractivity contribution in [3.63, 3.8) is 0 Å². The average Bonchev–Trinajstić information content (AvgIpc) is 3.02. The summed E-state index contributed by atoms with van der Waals surface area (Å²) in [4.78, 5) is 12.0. The van der Waals surface area contributed by atoms with E-state index in [-0.39, 0.29) is 17.4 Å². The maximum atomic E-state index is 12.0. The van der Waals surface area contributed by atoms with Crippen LogP contribution >= 0.6 is 27.7 Å². The second-order valence-corrected chi connectivity index (χ2v) is 6.60. The summed E-state index contributed by atoms with van der Waals surface area (Å²) < 4.78 is 2.53. The molecule has 0 aliphatic rings. The summed E-state index contributed by atoms with van der Waals surface area (Å²) in [5.74, 6) is 0.0302. The van der Waals surface area contributed by atoms with E-state index in [1.807, 2.05) is 24.3 Å². The molecule has 3 rings (SSSR count). The molecule has 2 N–H and O–H groups in total. The van der Waals surface area contributed by atoms with Gasteiger partial charge in [-0.1, -0.05) is 33.8 Å². The molecule has 9 heteroatoms. The Bertz CT molecular complexity index is 853. The highest BCUT2D eigenvalue weighted by atomic mass is 79.9. The number of phenols is 1. The standard InChI is InChI=1S/C15H12BrN5O2S/c16-10-4-6-12(7-5-10)21-15(18-19-20-21)24-9-14(23)17-11-2-1-3-13(22)8-11/h1-8,22H,9H2,(H,17,23). The highest BCUT2D eigenvalue weighted by Crippen LogP contribution is 2.21. The quantitative estimate of drug-likeness (QED) is 0.633. The number of carbonyl (C=O) groups is 1. The molecular formula is C15H12BrN5O2S. The Labute approximate surface area is 150 Å². The van der Waals surface area contributed by atoms with Crippen LogP contribution in [0.3, 0.4) is 0 Å².